The van der Waals surface area contributed by atoms with Crippen molar-refractivity contribution in [2.45, 2.75) is 52.5 Å². The van der Waals surface area contributed by atoms with Gasteiger partial charge in [0.05, 0.1) is 6.26 Å². The maximum atomic E-state index is 5.60. The predicted molar refractivity (Wildman–Crippen MR) is 86.5 cm³/mol. The second-order valence-corrected chi connectivity index (χ2v) is 6.34. The molecule has 0 aromatic carbocycles. The summed E-state index contributed by atoms with van der Waals surface area (Å²) in [6.45, 7) is 7.62. The maximum absolute atomic E-state index is 5.60. The smallest absolute Gasteiger partial charge is 0.108 e. The molecule has 1 N–H and O–H groups in total. The topological polar surface area (TPSA) is 25.2 Å². The molecule has 0 saturated carbocycles. The number of hydrogen-bond acceptors (Lipinski definition) is 3. The van der Waals surface area contributed by atoms with Crippen molar-refractivity contribution in [3.8, 4) is 0 Å². The molecule has 110 valence electrons. The molecular formula is C17H25NOS. The minimum Gasteiger partial charge on any atom is -0.469 e. The molecule has 0 spiro atoms. The first kappa shape index (κ1) is 15.3. The minimum atomic E-state index is 0.368. The quantitative estimate of drug-likeness (QED) is 0.759. The van der Waals surface area contributed by atoms with E-state index in [0.717, 1.165) is 38.0 Å². The van der Waals surface area contributed by atoms with Crippen LogP contribution in [0.3, 0.4) is 0 Å². The molecular weight excluding hydrogens is 266 g/mol. The van der Waals surface area contributed by atoms with Crippen LogP contribution in [-0.4, -0.2) is 6.54 Å². The standard InChI is InChI=1S/C17H25NOS/c1-4-10-18-16(15-9-11-19-17(15)6-3)12-14-8-7-13(5-2)20-14/h7-9,11,16,18H,4-6,10,12H2,1-3H3. The summed E-state index contributed by atoms with van der Waals surface area (Å²) in [6, 6.07) is 7.02. The van der Waals surface area contributed by atoms with Gasteiger partial charge in [-0.3, -0.25) is 0 Å². The monoisotopic (exact) mass is 291 g/mol. The van der Waals surface area contributed by atoms with Gasteiger partial charge in [-0.25, -0.2) is 0 Å². The third-order valence-electron chi connectivity index (χ3n) is 3.59. The van der Waals surface area contributed by atoms with Gasteiger partial charge < -0.3 is 9.73 Å². The molecule has 1 atom stereocenters. The number of nitrogens with one attached hydrogen (secondary N) is 1. The Kier molecular flexibility index (Phi) is 5.86. The summed E-state index contributed by atoms with van der Waals surface area (Å²) >= 11 is 1.93. The van der Waals surface area contributed by atoms with Gasteiger partial charge in [0.2, 0.25) is 0 Å². The van der Waals surface area contributed by atoms with Crippen LogP contribution >= 0.6 is 11.3 Å². The summed E-state index contributed by atoms with van der Waals surface area (Å²) in [5.74, 6) is 1.12. The van der Waals surface area contributed by atoms with Gasteiger partial charge in [0.25, 0.3) is 0 Å². The Hall–Kier alpha value is -1.06. The van der Waals surface area contributed by atoms with E-state index in [1.165, 1.54) is 15.3 Å². The fourth-order valence-corrected chi connectivity index (χ4v) is 3.49. The maximum Gasteiger partial charge on any atom is 0.108 e. The molecule has 0 aliphatic heterocycles. The van der Waals surface area contributed by atoms with Crippen molar-refractivity contribution in [1.82, 2.24) is 5.32 Å². The highest BCUT2D eigenvalue weighted by atomic mass is 32.1. The lowest BCUT2D eigenvalue weighted by molar-refractivity contribution is 0.483. The van der Waals surface area contributed by atoms with Crippen LogP contribution < -0.4 is 5.32 Å². The van der Waals surface area contributed by atoms with Crippen LogP contribution in [0.25, 0.3) is 0 Å². The molecule has 2 rings (SSSR count). The minimum absolute atomic E-state index is 0.368. The summed E-state index contributed by atoms with van der Waals surface area (Å²) in [5.41, 5.74) is 1.33. The Balaban J connectivity index is 2.14. The first-order valence-corrected chi connectivity index (χ1v) is 8.47. The lowest BCUT2D eigenvalue weighted by atomic mass is 10.0. The molecule has 20 heavy (non-hydrogen) atoms. The van der Waals surface area contributed by atoms with E-state index in [9.17, 15) is 0 Å². The van der Waals surface area contributed by atoms with Crippen LogP contribution in [0.2, 0.25) is 0 Å². The number of aryl methyl sites for hydroxylation is 2. The second kappa shape index (κ2) is 7.65. The third-order valence-corrected chi connectivity index (χ3v) is 4.84. The van der Waals surface area contributed by atoms with Crippen LogP contribution in [0.15, 0.2) is 28.9 Å². The molecule has 2 heterocycles. The van der Waals surface area contributed by atoms with Crippen molar-refractivity contribution in [3.63, 3.8) is 0 Å². The first-order valence-electron chi connectivity index (χ1n) is 7.65. The highest BCUT2D eigenvalue weighted by Gasteiger charge is 2.17. The fraction of sp³-hybridized carbons (Fsp3) is 0.529. The average Bonchev–Trinajstić information content (AvgIpc) is 3.11. The summed E-state index contributed by atoms with van der Waals surface area (Å²) in [7, 11) is 0. The zero-order valence-electron chi connectivity index (χ0n) is 12.7. The van der Waals surface area contributed by atoms with E-state index in [-0.39, 0.29) is 0 Å². The fourth-order valence-electron chi connectivity index (χ4n) is 2.48. The van der Waals surface area contributed by atoms with E-state index in [4.69, 9.17) is 4.42 Å². The molecule has 1 unspecified atom stereocenters. The Morgan fingerprint density at radius 3 is 2.55 bits per heavy atom. The Bertz CT molecular complexity index is 515. The normalized spacial score (nSPS) is 12.8. The Labute approximate surface area is 126 Å². The van der Waals surface area contributed by atoms with Crippen molar-refractivity contribution in [2.75, 3.05) is 6.54 Å². The summed E-state index contributed by atoms with van der Waals surface area (Å²) in [4.78, 5) is 2.93. The van der Waals surface area contributed by atoms with Gasteiger partial charge in [-0.15, -0.1) is 11.3 Å². The lowest BCUT2D eigenvalue weighted by Gasteiger charge is -2.18. The predicted octanol–water partition coefficient (Wildman–Crippen LogP) is 4.75. The van der Waals surface area contributed by atoms with E-state index in [2.05, 4.69) is 44.3 Å². The van der Waals surface area contributed by atoms with Crippen LogP contribution in [0.4, 0.5) is 0 Å². The van der Waals surface area contributed by atoms with Crippen molar-refractivity contribution in [2.24, 2.45) is 0 Å². The van der Waals surface area contributed by atoms with E-state index in [1.54, 1.807) is 0 Å². The van der Waals surface area contributed by atoms with Crippen LogP contribution in [0, 0.1) is 0 Å². The van der Waals surface area contributed by atoms with Crippen LogP contribution in [0.5, 0.6) is 0 Å². The summed E-state index contributed by atoms with van der Waals surface area (Å²) < 4.78 is 5.60. The highest BCUT2D eigenvalue weighted by molar-refractivity contribution is 7.11. The number of furan rings is 1. The molecule has 0 aliphatic carbocycles. The van der Waals surface area contributed by atoms with Gasteiger partial charge in [-0.2, -0.15) is 0 Å². The molecule has 2 aromatic heterocycles. The summed E-state index contributed by atoms with van der Waals surface area (Å²) in [5, 5.41) is 3.67. The molecule has 0 bridgehead atoms. The van der Waals surface area contributed by atoms with E-state index < -0.39 is 0 Å². The molecule has 2 aromatic rings. The number of hydrogen-bond donors (Lipinski definition) is 1. The largest absolute Gasteiger partial charge is 0.469 e. The van der Waals surface area contributed by atoms with E-state index >= 15 is 0 Å². The second-order valence-electron chi connectivity index (χ2n) is 5.09. The van der Waals surface area contributed by atoms with Gasteiger partial charge in [0.15, 0.2) is 0 Å². The highest BCUT2D eigenvalue weighted by Crippen LogP contribution is 2.27. The zero-order valence-corrected chi connectivity index (χ0v) is 13.6. The van der Waals surface area contributed by atoms with E-state index in [1.807, 2.05) is 17.6 Å². The molecule has 2 nitrogen and oxygen atoms in total. The van der Waals surface area contributed by atoms with Gasteiger partial charge >= 0.3 is 0 Å². The lowest BCUT2D eigenvalue weighted by Crippen LogP contribution is -2.24. The molecule has 0 amide bonds. The van der Waals surface area contributed by atoms with Crippen LogP contribution in [-0.2, 0) is 19.3 Å². The molecule has 0 saturated heterocycles. The van der Waals surface area contributed by atoms with Crippen molar-refractivity contribution < 1.29 is 4.42 Å². The molecule has 0 fully saturated rings. The van der Waals surface area contributed by atoms with Crippen molar-refractivity contribution >= 4 is 11.3 Å². The number of thiophene rings is 1. The van der Waals surface area contributed by atoms with Gasteiger partial charge in [-0.05, 0) is 37.6 Å². The van der Waals surface area contributed by atoms with Crippen molar-refractivity contribution in [1.29, 1.82) is 0 Å². The van der Waals surface area contributed by atoms with Gasteiger partial charge in [0, 0.05) is 34.2 Å². The first-order chi connectivity index (χ1) is 9.78. The SMILES string of the molecule is CCCNC(Cc1ccc(CC)s1)c1ccoc1CC. The zero-order chi connectivity index (χ0) is 14.4. The molecule has 0 radical (unpaired) electrons. The van der Waals surface area contributed by atoms with Gasteiger partial charge in [0.1, 0.15) is 5.76 Å². The van der Waals surface area contributed by atoms with Crippen molar-refractivity contribution in [3.05, 3.63) is 45.5 Å². The Morgan fingerprint density at radius 1 is 1.10 bits per heavy atom. The molecule has 3 heteroatoms. The Morgan fingerprint density at radius 2 is 1.90 bits per heavy atom. The van der Waals surface area contributed by atoms with E-state index in [0.29, 0.717) is 6.04 Å². The summed E-state index contributed by atoms with van der Waals surface area (Å²) in [6.07, 6.45) is 6.11. The third kappa shape index (κ3) is 3.74. The van der Waals surface area contributed by atoms with Crippen LogP contribution in [0.1, 0.15) is 54.3 Å². The van der Waals surface area contributed by atoms with Gasteiger partial charge in [-0.1, -0.05) is 20.8 Å². The average molecular weight is 291 g/mol. The molecule has 0 aliphatic rings. The number of rotatable bonds is 8.